The Hall–Kier alpha value is -5.50. The van der Waals surface area contributed by atoms with E-state index < -0.39 is 34.8 Å². The highest BCUT2D eigenvalue weighted by atomic mass is 16.4. The van der Waals surface area contributed by atoms with E-state index in [0.717, 1.165) is 28.5 Å². The molecule has 0 radical (unpaired) electrons. The van der Waals surface area contributed by atoms with Crippen molar-refractivity contribution in [2.45, 2.75) is 19.4 Å². The third-order valence-corrected chi connectivity index (χ3v) is 6.82. The quantitative estimate of drug-likeness (QED) is 0.214. The van der Waals surface area contributed by atoms with E-state index in [2.05, 4.69) is 15.6 Å². The van der Waals surface area contributed by atoms with E-state index in [0.29, 0.717) is 16.8 Å². The van der Waals surface area contributed by atoms with E-state index in [1.54, 1.807) is 24.3 Å². The second-order valence-electron chi connectivity index (χ2n) is 9.75. The van der Waals surface area contributed by atoms with Gasteiger partial charge in [0, 0.05) is 34.8 Å². The number of rotatable bonds is 8. The van der Waals surface area contributed by atoms with Crippen LogP contribution in [0, 0.1) is 6.92 Å². The molecule has 0 fully saturated rings. The fourth-order valence-corrected chi connectivity index (χ4v) is 4.54. The number of aromatic nitrogens is 1. The number of carboxylic acids is 1. The van der Waals surface area contributed by atoms with Crippen LogP contribution in [0.5, 0.6) is 0 Å². The van der Waals surface area contributed by atoms with E-state index in [9.17, 15) is 24.3 Å². The number of hydrogen-bond acceptors (Lipinski definition) is 4. The molecule has 2 amide bonds. The lowest BCUT2D eigenvalue weighted by molar-refractivity contribution is -0.118. The van der Waals surface area contributed by atoms with Gasteiger partial charge in [-0.25, -0.2) is 4.79 Å². The van der Waals surface area contributed by atoms with Crippen molar-refractivity contribution in [2.24, 2.45) is 0 Å². The highest BCUT2D eigenvalue weighted by Crippen LogP contribution is 2.20. The van der Waals surface area contributed by atoms with Crippen molar-refractivity contribution in [3.8, 4) is 11.1 Å². The first-order valence-electron chi connectivity index (χ1n) is 13.0. The lowest BCUT2D eigenvalue weighted by Crippen LogP contribution is -2.45. The molecule has 0 aliphatic heterocycles. The Bertz CT molecular complexity index is 1790. The minimum atomic E-state index is -1.35. The number of anilines is 1. The van der Waals surface area contributed by atoms with Crippen LogP contribution in [0.15, 0.2) is 108 Å². The van der Waals surface area contributed by atoms with Crippen LogP contribution in [-0.2, 0) is 11.2 Å². The number of carbonyl (C=O) groups excluding carboxylic acids is 2. The van der Waals surface area contributed by atoms with Gasteiger partial charge >= 0.3 is 5.97 Å². The molecule has 1 atom stereocenters. The van der Waals surface area contributed by atoms with E-state index in [1.807, 2.05) is 73.7 Å². The Morgan fingerprint density at radius 1 is 0.854 bits per heavy atom. The molecule has 4 aromatic carbocycles. The Balaban J connectivity index is 1.39. The van der Waals surface area contributed by atoms with Gasteiger partial charge in [0.25, 0.3) is 5.91 Å². The lowest BCUT2D eigenvalue weighted by atomic mass is 10.0. The van der Waals surface area contributed by atoms with Gasteiger partial charge in [-0.15, -0.1) is 0 Å². The first-order valence-corrected chi connectivity index (χ1v) is 13.0. The molecule has 8 nitrogen and oxygen atoms in total. The molecule has 41 heavy (non-hydrogen) atoms. The summed E-state index contributed by atoms with van der Waals surface area (Å²) in [6.07, 6.45) is 1.38. The molecule has 1 heterocycles. The van der Waals surface area contributed by atoms with Crippen molar-refractivity contribution in [3.05, 3.63) is 136 Å². The normalized spacial score (nSPS) is 11.5. The van der Waals surface area contributed by atoms with Crippen LogP contribution in [0.4, 0.5) is 5.69 Å². The molecule has 4 N–H and O–H groups in total. The van der Waals surface area contributed by atoms with Gasteiger partial charge in [0.05, 0.1) is 0 Å². The highest BCUT2D eigenvalue weighted by Gasteiger charge is 2.23. The number of hydrogen-bond donors (Lipinski definition) is 4. The zero-order valence-electron chi connectivity index (χ0n) is 22.2. The van der Waals surface area contributed by atoms with Crippen LogP contribution < -0.4 is 16.1 Å². The van der Waals surface area contributed by atoms with Gasteiger partial charge in [-0.3, -0.25) is 14.4 Å². The Labute approximate surface area is 235 Å². The first kappa shape index (κ1) is 27.1. The molecular weight excluding hydrogens is 518 g/mol. The van der Waals surface area contributed by atoms with E-state index >= 15 is 0 Å². The van der Waals surface area contributed by atoms with Gasteiger partial charge < -0.3 is 20.7 Å². The smallest absolute Gasteiger partial charge is 0.341 e. The fraction of sp³-hybridized carbons (Fsp3) is 0.0909. The maximum atomic E-state index is 13.5. The summed E-state index contributed by atoms with van der Waals surface area (Å²) in [5.74, 6) is -2.23. The minimum Gasteiger partial charge on any atom is -0.477 e. The molecule has 5 rings (SSSR count). The van der Waals surface area contributed by atoms with Crippen molar-refractivity contribution in [1.82, 2.24) is 10.3 Å². The summed E-state index contributed by atoms with van der Waals surface area (Å²) in [6.45, 7) is 1.96. The molecule has 0 unspecified atom stereocenters. The second kappa shape index (κ2) is 11.7. The van der Waals surface area contributed by atoms with Crippen molar-refractivity contribution in [2.75, 3.05) is 5.32 Å². The molecule has 1 aromatic heterocycles. The average molecular weight is 546 g/mol. The van der Waals surface area contributed by atoms with Crippen LogP contribution in [0.3, 0.4) is 0 Å². The summed E-state index contributed by atoms with van der Waals surface area (Å²) in [7, 11) is 0. The van der Waals surface area contributed by atoms with Gasteiger partial charge in [0.1, 0.15) is 11.6 Å². The Morgan fingerprint density at radius 2 is 1.54 bits per heavy atom. The number of aromatic carboxylic acids is 1. The van der Waals surface area contributed by atoms with Crippen LogP contribution in [0.1, 0.15) is 31.8 Å². The number of amides is 2. The Morgan fingerprint density at radius 3 is 2.22 bits per heavy atom. The maximum Gasteiger partial charge on any atom is 0.341 e. The molecule has 0 aliphatic carbocycles. The topological polar surface area (TPSA) is 128 Å². The molecule has 0 saturated heterocycles. The monoisotopic (exact) mass is 545 g/mol. The van der Waals surface area contributed by atoms with Gasteiger partial charge in [-0.1, -0.05) is 72.3 Å². The molecule has 8 heteroatoms. The van der Waals surface area contributed by atoms with Gasteiger partial charge in [-0.2, -0.15) is 0 Å². The zero-order valence-corrected chi connectivity index (χ0v) is 22.2. The average Bonchev–Trinajstić information content (AvgIpc) is 2.98. The van der Waals surface area contributed by atoms with Crippen molar-refractivity contribution in [1.29, 1.82) is 0 Å². The third-order valence-electron chi connectivity index (χ3n) is 6.82. The van der Waals surface area contributed by atoms with Crippen LogP contribution in [0.25, 0.3) is 22.0 Å². The number of benzene rings is 4. The molecule has 0 aliphatic rings. The summed E-state index contributed by atoms with van der Waals surface area (Å²) < 4.78 is 0. The van der Waals surface area contributed by atoms with Crippen molar-refractivity contribution in [3.63, 3.8) is 0 Å². The predicted molar refractivity (Wildman–Crippen MR) is 158 cm³/mol. The maximum absolute atomic E-state index is 13.5. The minimum absolute atomic E-state index is 0.125. The summed E-state index contributed by atoms with van der Waals surface area (Å²) in [6, 6.07) is 28.3. The van der Waals surface area contributed by atoms with Gasteiger partial charge in [0.2, 0.25) is 11.3 Å². The standard InChI is InChI=1S/C33H27N3O5/c1-20-7-9-21(10-8-20)17-29(36-31(38)24-13-11-23(12-14-24)22-5-3-2-4-6-22)32(39)35-25-15-16-28-26(18-25)30(37)27(19-34-28)33(40)41/h2-16,18-19,29H,17H2,1H3,(H,34,37)(H,35,39)(H,36,38)(H,40,41)/t29-/m0/s1. The number of pyridine rings is 1. The summed E-state index contributed by atoms with van der Waals surface area (Å²) in [4.78, 5) is 53.6. The van der Waals surface area contributed by atoms with E-state index in [4.69, 9.17) is 0 Å². The number of carboxylic acid groups (broad SMARTS) is 1. The number of nitrogens with one attached hydrogen (secondary N) is 3. The lowest BCUT2D eigenvalue weighted by Gasteiger charge is -2.19. The highest BCUT2D eigenvalue weighted by molar-refractivity contribution is 6.02. The molecule has 0 saturated carbocycles. The number of aryl methyl sites for hydroxylation is 1. The van der Waals surface area contributed by atoms with Crippen molar-refractivity contribution >= 4 is 34.4 Å². The van der Waals surface area contributed by atoms with Crippen LogP contribution >= 0.6 is 0 Å². The van der Waals surface area contributed by atoms with Crippen LogP contribution in [-0.4, -0.2) is 33.9 Å². The summed E-state index contributed by atoms with van der Waals surface area (Å²) >= 11 is 0. The molecule has 0 bridgehead atoms. The van der Waals surface area contributed by atoms with E-state index in [1.165, 1.54) is 6.07 Å². The van der Waals surface area contributed by atoms with Gasteiger partial charge in [0.15, 0.2) is 0 Å². The van der Waals surface area contributed by atoms with Gasteiger partial charge in [-0.05, 0) is 53.9 Å². The number of carbonyl (C=O) groups is 3. The largest absolute Gasteiger partial charge is 0.477 e. The van der Waals surface area contributed by atoms with Crippen molar-refractivity contribution < 1.29 is 19.5 Å². The molecule has 5 aromatic rings. The number of fused-ring (bicyclic) bond motifs is 1. The molecule has 204 valence electrons. The van der Waals surface area contributed by atoms with Crippen LogP contribution in [0.2, 0.25) is 0 Å². The fourth-order valence-electron chi connectivity index (χ4n) is 4.54. The number of aromatic amines is 1. The second-order valence-corrected chi connectivity index (χ2v) is 9.75. The Kier molecular flexibility index (Phi) is 7.74. The number of H-pyrrole nitrogens is 1. The molecular formula is C33H27N3O5. The SMILES string of the molecule is Cc1ccc(C[C@H](NC(=O)c2ccc(-c3ccccc3)cc2)C(=O)Nc2ccc3[nH]cc(C(=O)O)c(=O)c3c2)cc1. The third kappa shape index (κ3) is 6.23. The molecule has 0 spiro atoms. The zero-order chi connectivity index (χ0) is 28.9. The first-order chi connectivity index (χ1) is 19.8. The van der Waals surface area contributed by atoms with E-state index in [-0.39, 0.29) is 11.8 Å². The summed E-state index contributed by atoms with van der Waals surface area (Å²) in [5, 5.41) is 15.0. The summed E-state index contributed by atoms with van der Waals surface area (Å²) in [5.41, 5.74) is 4.00. The predicted octanol–water partition coefficient (Wildman–Crippen LogP) is 5.18.